The van der Waals surface area contributed by atoms with Crippen LogP contribution in [-0.2, 0) is 22.5 Å². The van der Waals surface area contributed by atoms with E-state index in [4.69, 9.17) is 4.74 Å². The Bertz CT molecular complexity index is 414. The summed E-state index contributed by atoms with van der Waals surface area (Å²) in [6.45, 7) is 10.6. The molecule has 0 N–H and O–H groups in total. The summed E-state index contributed by atoms with van der Waals surface area (Å²) in [4.78, 5) is 16.1. The molecule has 0 aromatic carbocycles. The first-order chi connectivity index (χ1) is 8.57. The van der Waals surface area contributed by atoms with Crippen molar-refractivity contribution in [1.82, 2.24) is 14.8 Å². The molecule has 0 aliphatic rings. The average molecular weight is 251 g/mol. The van der Waals surface area contributed by atoms with Gasteiger partial charge in [-0.3, -0.25) is 9.48 Å². The molecule has 1 rings (SSSR count). The summed E-state index contributed by atoms with van der Waals surface area (Å²) in [5, 5.41) is 4.15. The molecule has 1 heterocycles. The lowest BCUT2D eigenvalue weighted by Crippen LogP contribution is -2.31. The van der Waals surface area contributed by atoms with Crippen LogP contribution in [0.2, 0.25) is 0 Å². The fourth-order valence-corrected chi connectivity index (χ4v) is 1.68. The van der Waals surface area contributed by atoms with Gasteiger partial charge in [0.2, 0.25) is 0 Å². The van der Waals surface area contributed by atoms with Crippen LogP contribution in [0.15, 0.2) is 19.0 Å². The van der Waals surface area contributed by atoms with Crippen LogP contribution in [0.4, 0.5) is 0 Å². The van der Waals surface area contributed by atoms with Gasteiger partial charge >= 0.3 is 5.97 Å². The van der Waals surface area contributed by atoms with Crippen LogP contribution < -0.4 is 0 Å². The van der Waals surface area contributed by atoms with E-state index in [-0.39, 0.29) is 5.97 Å². The number of carbonyl (C=O) groups is 1. The van der Waals surface area contributed by atoms with E-state index < -0.39 is 5.41 Å². The van der Waals surface area contributed by atoms with Crippen molar-refractivity contribution in [3.05, 3.63) is 24.8 Å². The molecule has 5 nitrogen and oxygen atoms in total. The Morgan fingerprint density at radius 3 is 2.89 bits per heavy atom. The zero-order valence-electron chi connectivity index (χ0n) is 11.3. The summed E-state index contributed by atoms with van der Waals surface area (Å²) < 4.78 is 6.90. The number of aromatic nitrogens is 3. The molecular formula is C13H21N3O2. The first-order valence-electron chi connectivity index (χ1n) is 6.25. The summed E-state index contributed by atoms with van der Waals surface area (Å²) in [7, 11) is 0. The standard InChI is InChI=1S/C13H21N3O2/c1-5-8-16-11(14-10-15-16)9-13(4,6-2)12(17)18-7-3/h6,10H,2,5,7-9H2,1,3-4H3. The molecule has 1 unspecified atom stereocenters. The van der Waals surface area contributed by atoms with Crippen LogP contribution >= 0.6 is 0 Å². The largest absolute Gasteiger partial charge is 0.465 e. The van der Waals surface area contributed by atoms with Crippen molar-refractivity contribution >= 4 is 5.97 Å². The fraction of sp³-hybridized carbons (Fsp3) is 0.615. The van der Waals surface area contributed by atoms with Crippen LogP contribution in [0.5, 0.6) is 0 Å². The van der Waals surface area contributed by atoms with E-state index >= 15 is 0 Å². The fourth-order valence-electron chi connectivity index (χ4n) is 1.68. The topological polar surface area (TPSA) is 57.0 Å². The third-order valence-electron chi connectivity index (χ3n) is 2.85. The second-order valence-corrected chi connectivity index (χ2v) is 4.42. The number of aryl methyl sites for hydroxylation is 1. The number of esters is 1. The van der Waals surface area contributed by atoms with Gasteiger partial charge in [-0.15, -0.1) is 6.58 Å². The Kier molecular flexibility index (Phi) is 5.07. The van der Waals surface area contributed by atoms with E-state index in [0.717, 1.165) is 18.8 Å². The summed E-state index contributed by atoms with van der Waals surface area (Å²) in [6.07, 6.45) is 4.56. The maximum absolute atomic E-state index is 11.9. The summed E-state index contributed by atoms with van der Waals surface area (Å²) in [6, 6.07) is 0. The molecule has 0 aliphatic carbocycles. The predicted octanol–water partition coefficient (Wildman–Crippen LogP) is 1.99. The number of nitrogens with zero attached hydrogens (tertiary/aromatic N) is 3. The molecule has 0 saturated carbocycles. The minimum atomic E-state index is -0.755. The van der Waals surface area contributed by atoms with Crippen molar-refractivity contribution < 1.29 is 9.53 Å². The zero-order chi connectivity index (χ0) is 13.6. The van der Waals surface area contributed by atoms with E-state index in [1.54, 1.807) is 13.0 Å². The van der Waals surface area contributed by atoms with Crippen LogP contribution in [0.1, 0.15) is 33.0 Å². The smallest absolute Gasteiger partial charge is 0.316 e. The van der Waals surface area contributed by atoms with Crippen molar-refractivity contribution in [1.29, 1.82) is 0 Å². The summed E-state index contributed by atoms with van der Waals surface area (Å²) in [5.41, 5.74) is -0.755. The van der Waals surface area contributed by atoms with Gasteiger partial charge in [0, 0.05) is 13.0 Å². The lowest BCUT2D eigenvalue weighted by Gasteiger charge is -2.22. The Morgan fingerprint density at radius 1 is 1.61 bits per heavy atom. The Hall–Kier alpha value is -1.65. The Morgan fingerprint density at radius 2 is 2.33 bits per heavy atom. The molecule has 1 aromatic rings. The van der Waals surface area contributed by atoms with Crippen molar-refractivity contribution in [2.45, 2.75) is 40.2 Å². The van der Waals surface area contributed by atoms with Gasteiger partial charge in [0.05, 0.1) is 12.0 Å². The van der Waals surface area contributed by atoms with Crippen molar-refractivity contribution in [2.75, 3.05) is 6.61 Å². The van der Waals surface area contributed by atoms with E-state index in [2.05, 4.69) is 23.6 Å². The second-order valence-electron chi connectivity index (χ2n) is 4.42. The molecule has 0 radical (unpaired) electrons. The maximum Gasteiger partial charge on any atom is 0.316 e. The van der Waals surface area contributed by atoms with Gasteiger partial charge in [0.15, 0.2) is 0 Å². The van der Waals surface area contributed by atoms with Gasteiger partial charge in [-0.05, 0) is 20.3 Å². The lowest BCUT2D eigenvalue weighted by atomic mass is 9.86. The molecule has 0 saturated heterocycles. The van der Waals surface area contributed by atoms with Crippen LogP contribution in [0.25, 0.3) is 0 Å². The molecule has 0 amide bonds. The first-order valence-corrected chi connectivity index (χ1v) is 6.25. The molecule has 0 bridgehead atoms. The molecule has 1 aromatic heterocycles. The van der Waals surface area contributed by atoms with Gasteiger partial charge in [-0.25, -0.2) is 4.98 Å². The molecule has 1 atom stereocenters. The molecule has 100 valence electrons. The highest BCUT2D eigenvalue weighted by atomic mass is 16.5. The number of carbonyl (C=O) groups excluding carboxylic acids is 1. The number of ether oxygens (including phenoxy) is 1. The quantitative estimate of drug-likeness (QED) is 0.549. The summed E-state index contributed by atoms with van der Waals surface area (Å²) >= 11 is 0. The highest BCUT2D eigenvalue weighted by Crippen LogP contribution is 2.25. The van der Waals surface area contributed by atoms with E-state index in [1.807, 2.05) is 11.6 Å². The summed E-state index contributed by atoms with van der Waals surface area (Å²) in [5.74, 6) is 0.512. The minimum Gasteiger partial charge on any atom is -0.465 e. The molecule has 18 heavy (non-hydrogen) atoms. The van der Waals surface area contributed by atoms with Crippen molar-refractivity contribution in [2.24, 2.45) is 5.41 Å². The minimum absolute atomic E-state index is 0.272. The number of rotatable bonds is 7. The highest BCUT2D eigenvalue weighted by Gasteiger charge is 2.33. The molecular weight excluding hydrogens is 230 g/mol. The normalized spacial score (nSPS) is 13.9. The Labute approximate surface area is 108 Å². The third kappa shape index (κ3) is 3.18. The van der Waals surface area contributed by atoms with Gasteiger partial charge < -0.3 is 4.74 Å². The van der Waals surface area contributed by atoms with E-state index in [9.17, 15) is 4.79 Å². The average Bonchev–Trinajstić information content (AvgIpc) is 2.77. The predicted molar refractivity (Wildman–Crippen MR) is 69.0 cm³/mol. The van der Waals surface area contributed by atoms with Crippen LogP contribution in [0.3, 0.4) is 0 Å². The molecule has 0 aliphatic heterocycles. The SMILES string of the molecule is C=CC(C)(Cc1ncnn1CCC)C(=O)OCC. The number of hydrogen-bond donors (Lipinski definition) is 0. The molecule has 5 heteroatoms. The number of hydrogen-bond acceptors (Lipinski definition) is 4. The zero-order valence-corrected chi connectivity index (χ0v) is 11.3. The second kappa shape index (κ2) is 6.33. The third-order valence-corrected chi connectivity index (χ3v) is 2.85. The van der Waals surface area contributed by atoms with Crippen molar-refractivity contribution in [3.63, 3.8) is 0 Å². The monoisotopic (exact) mass is 251 g/mol. The molecule has 0 fully saturated rings. The maximum atomic E-state index is 11.9. The van der Waals surface area contributed by atoms with Gasteiger partial charge in [0.25, 0.3) is 0 Å². The first kappa shape index (κ1) is 14.4. The van der Waals surface area contributed by atoms with E-state index in [0.29, 0.717) is 13.0 Å². The van der Waals surface area contributed by atoms with Gasteiger partial charge in [-0.1, -0.05) is 13.0 Å². The Balaban J connectivity index is 2.87. The van der Waals surface area contributed by atoms with Crippen LogP contribution in [0, 0.1) is 5.41 Å². The van der Waals surface area contributed by atoms with Gasteiger partial charge in [-0.2, -0.15) is 5.10 Å². The molecule has 0 spiro atoms. The van der Waals surface area contributed by atoms with Gasteiger partial charge in [0.1, 0.15) is 12.2 Å². The van der Waals surface area contributed by atoms with Crippen LogP contribution in [-0.4, -0.2) is 27.3 Å². The van der Waals surface area contributed by atoms with Crippen molar-refractivity contribution in [3.8, 4) is 0 Å². The van der Waals surface area contributed by atoms with E-state index in [1.165, 1.54) is 6.33 Å². The highest BCUT2D eigenvalue weighted by molar-refractivity contribution is 5.78. The lowest BCUT2D eigenvalue weighted by molar-refractivity contribution is -0.151.